The monoisotopic (exact) mass is 513 g/mol. The molecule has 35 heavy (non-hydrogen) atoms. The second kappa shape index (κ2) is 10.2. The molecule has 12 heteroatoms. The van der Waals surface area contributed by atoms with E-state index in [0.29, 0.717) is 16.3 Å². The van der Waals surface area contributed by atoms with Crippen LogP contribution in [0.3, 0.4) is 0 Å². The number of aliphatic imine (C=N–C) groups is 1. The fourth-order valence-corrected chi connectivity index (χ4v) is 4.55. The second-order valence-corrected chi connectivity index (χ2v) is 9.40. The predicted octanol–water partition coefficient (Wildman–Crippen LogP) is 2.44. The van der Waals surface area contributed by atoms with E-state index in [1.165, 1.54) is 0 Å². The van der Waals surface area contributed by atoms with Gasteiger partial charge in [0.2, 0.25) is 17.7 Å². The van der Waals surface area contributed by atoms with Crippen molar-refractivity contribution in [3.05, 3.63) is 91.1 Å². The van der Waals surface area contributed by atoms with Crippen LogP contribution in [0.25, 0.3) is 0 Å². The Balaban J connectivity index is 1.58. The van der Waals surface area contributed by atoms with E-state index in [-0.39, 0.29) is 23.1 Å². The maximum Gasteiger partial charge on any atom is 0.328 e. The van der Waals surface area contributed by atoms with E-state index >= 15 is 0 Å². The number of aromatic hydroxyl groups is 1. The van der Waals surface area contributed by atoms with Crippen molar-refractivity contribution in [1.82, 2.24) is 15.3 Å². The van der Waals surface area contributed by atoms with Gasteiger partial charge in [0.25, 0.3) is 5.56 Å². The smallest absolute Gasteiger partial charge is 0.328 e. The van der Waals surface area contributed by atoms with Crippen LogP contribution in [0.1, 0.15) is 29.2 Å². The van der Waals surface area contributed by atoms with Gasteiger partial charge in [0.1, 0.15) is 16.9 Å². The van der Waals surface area contributed by atoms with Crippen molar-refractivity contribution >= 4 is 46.0 Å². The quantitative estimate of drug-likeness (QED) is 0.341. The van der Waals surface area contributed by atoms with Gasteiger partial charge in [-0.1, -0.05) is 53.2 Å². The number of amidine groups is 1. The Morgan fingerprint density at radius 2 is 1.80 bits per heavy atom. The molecule has 0 bridgehead atoms. The molecule has 1 fully saturated rings. The van der Waals surface area contributed by atoms with Crippen LogP contribution in [0.2, 0.25) is 5.02 Å². The van der Waals surface area contributed by atoms with Crippen molar-refractivity contribution in [3.8, 4) is 5.88 Å². The molecule has 2 heterocycles. The number of amides is 2. The summed E-state index contributed by atoms with van der Waals surface area (Å²) in [5.41, 5.74) is 0.228. The average Bonchev–Trinajstić information content (AvgIpc) is 3.13. The summed E-state index contributed by atoms with van der Waals surface area (Å²) in [6.07, 6.45) is -0.0977. The maximum atomic E-state index is 12.5. The molecule has 0 radical (unpaired) electrons. The van der Waals surface area contributed by atoms with Gasteiger partial charge in [0.15, 0.2) is 5.17 Å². The molecule has 5 N–H and O–H groups in total. The Morgan fingerprint density at radius 3 is 2.46 bits per heavy atom. The fraction of sp³-hybridized carbons (Fsp3) is 0.174. The van der Waals surface area contributed by atoms with Gasteiger partial charge in [-0.15, -0.1) is 0 Å². The fourth-order valence-electron chi connectivity index (χ4n) is 3.42. The predicted molar refractivity (Wildman–Crippen MR) is 134 cm³/mol. The first kappa shape index (κ1) is 24.3. The standard InChI is InChI=1S/C23H20ClN5O5S/c1-11-2-8-14(9-3-11)25-16(30)10-15-19(31)29-23(35-15)26-18(12-4-6-13(24)7-5-12)17-20(32)27-22(34)28-21(17)33/h2-9,15,18H,10H2,1H3,(H,25,30)(H,26,29,31)(H3,27,28,32,33,34)/t15-,18+/m0/s1. The van der Waals surface area contributed by atoms with Gasteiger partial charge in [0, 0.05) is 17.1 Å². The summed E-state index contributed by atoms with van der Waals surface area (Å²) in [6, 6.07) is 12.6. The Labute approximate surface area is 207 Å². The number of anilines is 1. The molecule has 180 valence electrons. The van der Waals surface area contributed by atoms with Gasteiger partial charge in [-0.05, 0) is 36.8 Å². The van der Waals surface area contributed by atoms with E-state index in [1.54, 1.807) is 36.4 Å². The Kier molecular flexibility index (Phi) is 7.08. The summed E-state index contributed by atoms with van der Waals surface area (Å²) in [7, 11) is 0. The Hall–Kier alpha value is -3.83. The van der Waals surface area contributed by atoms with Crippen molar-refractivity contribution < 1.29 is 14.7 Å². The zero-order valence-corrected chi connectivity index (χ0v) is 19.9. The van der Waals surface area contributed by atoms with E-state index in [1.807, 2.05) is 19.1 Å². The molecule has 10 nitrogen and oxygen atoms in total. The topological polar surface area (TPSA) is 157 Å². The number of hydrogen-bond acceptors (Lipinski definition) is 7. The lowest BCUT2D eigenvalue weighted by molar-refractivity contribution is -0.122. The summed E-state index contributed by atoms with van der Waals surface area (Å²) in [6.45, 7) is 1.93. The van der Waals surface area contributed by atoms with E-state index in [0.717, 1.165) is 17.3 Å². The molecule has 2 aromatic carbocycles. The summed E-state index contributed by atoms with van der Waals surface area (Å²) in [5.74, 6) is -1.40. The molecule has 0 unspecified atom stereocenters. The first-order valence-corrected chi connectivity index (χ1v) is 11.7. The van der Waals surface area contributed by atoms with Gasteiger partial charge in [-0.25, -0.2) is 9.79 Å². The number of carbonyl (C=O) groups is 2. The van der Waals surface area contributed by atoms with Gasteiger partial charge in [0.05, 0.1) is 0 Å². The Morgan fingerprint density at radius 1 is 1.11 bits per heavy atom. The highest BCUT2D eigenvalue weighted by atomic mass is 35.5. The van der Waals surface area contributed by atoms with Gasteiger partial charge < -0.3 is 15.7 Å². The number of aromatic nitrogens is 2. The van der Waals surface area contributed by atoms with E-state index in [2.05, 4.69) is 25.6 Å². The SMILES string of the molecule is Cc1ccc(NC(=O)C[C@@H]2SC(=N[C@H](c3ccc(Cl)cc3)c3c(O)[nH]c(=O)[nH]c3=O)NC2=O)cc1. The maximum absolute atomic E-state index is 12.5. The second-order valence-electron chi connectivity index (χ2n) is 7.77. The van der Waals surface area contributed by atoms with Gasteiger partial charge in [-0.3, -0.25) is 24.4 Å². The number of carbonyl (C=O) groups excluding carboxylic acids is 2. The summed E-state index contributed by atoms with van der Waals surface area (Å²) in [4.78, 5) is 57.7. The molecule has 4 rings (SSSR count). The van der Waals surface area contributed by atoms with Crippen molar-refractivity contribution in [2.45, 2.75) is 24.6 Å². The molecular formula is C23H20ClN5O5S. The molecule has 2 amide bonds. The molecule has 0 spiro atoms. The Bertz CT molecular complexity index is 1420. The molecule has 0 aliphatic carbocycles. The first-order valence-electron chi connectivity index (χ1n) is 10.4. The van der Waals surface area contributed by atoms with Crippen LogP contribution in [-0.2, 0) is 9.59 Å². The molecule has 1 aliphatic heterocycles. The highest BCUT2D eigenvalue weighted by molar-refractivity contribution is 8.15. The molecule has 1 aromatic heterocycles. The lowest BCUT2D eigenvalue weighted by Gasteiger charge is -2.14. The van der Waals surface area contributed by atoms with Crippen LogP contribution in [-0.4, -0.2) is 37.3 Å². The van der Waals surface area contributed by atoms with E-state index in [9.17, 15) is 24.3 Å². The van der Waals surface area contributed by atoms with Crippen molar-refractivity contribution in [2.75, 3.05) is 5.32 Å². The third-order valence-electron chi connectivity index (χ3n) is 5.15. The number of hydrogen-bond donors (Lipinski definition) is 5. The summed E-state index contributed by atoms with van der Waals surface area (Å²) >= 11 is 7.00. The molecular weight excluding hydrogens is 494 g/mol. The van der Waals surface area contributed by atoms with Crippen LogP contribution in [0.15, 0.2) is 63.1 Å². The van der Waals surface area contributed by atoms with Crippen LogP contribution in [0.4, 0.5) is 5.69 Å². The lowest BCUT2D eigenvalue weighted by atomic mass is 10.0. The highest BCUT2D eigenvalue weighted by Gasteiger charge is 2.33. The number of nitrogens with one attached hydrogen (secondary N) is 4. The lowest BCUT2D eigenvalue weighted by Crippen LogP contribution is -2.29. The third-order valence-corrected chi connectivity index (χ3v) is 6.49. The minimum Gasteiger partial charge on any atom is -0.494 e. The minimum atomic E-state index is -1.07. The number of nitrogens with zero attached hydrogens (tertiary/aromatic N) is 1. The first-order chi connectivity index (χ1) is 16.7. The molecule has 1 aliphatic rings. The normalized spacial score (nSPS) is 17.3. The zero-order valence-electron chi connectivity index (χ0n) is 18.3. The van der Waals surface area contributed by atoms with Crippen molar-refractivity contribution in [2.24, 2.45) is 4.99 Å². The van der Waals surface area contributed by atoms with Crippen LogP contribution in [0.5, 0.6) is 5.88 Å². The minimum absolute atomic E-state index is 0.0977. The van der Waals surface area contributed by atoms with Crippen LogP contribution >= 0.6 is 23.4 Å². The highest BCUT2D eigenvalue weighted by Crippen LogP contribution is 2.32. The van der Waals surface area contributed by atoms with Gasteiger partial charge >= 0.3 is 5.69 Å². The van der Waals surface area contributed by atoms with Crippen molar-refractivity contribution in [1.29, 1.82) is 0 Å². The number of thioether (sulfide) groups is 1. The molecule has 0 saturated carbocycles. The molecule has 3 aromatic rings. The number of aryl methyl sites for hydroxylation is 1. The number of benzene rings is 2. The summed E-state index contributed by atoms with van der Waals surface area (Å²) in [5, 5.41) is 15.5. The average molecular weight is 514 g/mol. The third kappa shape index (κ3) is 5.81. The molecule has 2 atom stereocenters. The molecule has 1 saturated heterocycles. The largest absolute Gasteiger partial charge is 0.494 e. The zero-order chi connectivity index (χ0) is 25.1. The summed E-state index contributed by atoms with van der Waals surface area (Å²) < 4.78 is 0. The number of H-pyrrole nitrogens is 2. The van der Waals surface area contributed by atoms with Crippen LogP contribution in [0, 0.1) is 6.92 Å². The number of rotatable bonds is 6. The number of halogens is 1. The van der Waals surface area contributed by atoms with E-state index < -0.39 is 34.3 Å². The van der Waals surface area contributed by atoms with E-state index in [4.69, 9.17) is 11.6 Å². The van der Waals surface area contributed by atoms with Crippen LogP contribution < -0.4 is 21.9 Å². The number of aromatic amines is 2. The van der Waals surface area contributed by atoms with Crippen molar-refractivity contribution in [3.63, 3.8) is 0 Å². The van der Waals surface area contributed by atoms with Gasteiger partial charge in [-0.2, -0.15) is 0 Å².